The van der Waals surface area contributed by atoms with Crippen LogP contribution in [0.3, 0.4) is 0 Å². The molecule has 0 aliphatic carbocycles. The summed E-state index contributed by atoms with van der Waals surface area (Å²) in [6.07, 6.45) is 7.15. The predicted octanol–water partition coefficient (Wildman–Crippen LogP) is 6.75. The molecular formula is C28H33ClF2N2O2S. The summed E-state index contributed by atoms with van der Waals surface area (Å²) in [5, 5.41) is 11.9. The molecule has 3 aromatic rings. The van der Waals surface area contributed by atoms with Gasteiger partial charge in [0.25, 0.3) is 0 Å². The highest BCUT2D eigenvalue weighted by Crippen LogP contribution is 2.37. The van der Waals surface area contributed by atoms with Crippen molar-refractivity contribution in [3.8, 4) is 5.75 Å². The fraction of sp³-hybridized carbons (Fsp3) is 0.464. The lowest BCUT2D eigenvalue weighted by molar-refractivity contribution is 0.0358. The number of aromatic nitrogens is 1. The number of fused-ring (bicyclic) bond motifs is 1. The predicted molar refractivity (Wildman–Crippen MR) is 143 cm³/mol. The topological polar surface area (TPSA) is 45.6 Å². The van der Waals surface area contributed by atoms with Gasteiger partial charge in [-0.05, 0) is 105 Å². The molecule has 2 aromatic carbocycles. The molecule has 0 bridgehead atoms. The molecule has 1 aliphatic heterocycles. The van der Waals surface area contributed by atoms with Gasteiger partial charge in [-0.25, -0.2) is 8.78 Å². The van der Waals surface area contributed by atoms with E-state index in [-0.39, 0.29) is 16.9 Å². The Morgan fingerprint density at radius 2 is 1.89 bits per heavy atom. The Labute approximate surface area is 221 Å². The lowest BCUT2D eigenvalue weighted by atomic mass is 9.75. The maximum atomic E-state index is 13.8. The van der Waals surface area contributed by atoms with Gasteiger partial charge in [0.05, 0.1) is 22.5 Å². The molecule has 1 aliphatic rings. The van der Waals surface area contributed by atoms with Crippen LogP contribution in [0, 0.1) is 17.0 Å². The van der Waals surface area contributed by atoms with E-state index in [1.807, 2.05) is 18.2 Å². The van der Waals surface area contributed by atoms with Gasteiger partial charge in [0.15, 0.2) is 0 Å². The molecule has 8 heteroatoms. The van der Waals surface area contributed by atoms with Gasteiger partial charge in [0.2, 0.25) is 0 Å². The number of aryl methyl sites for hydroxylation is 1. The number of piperidine rings is 1. The smallest absolute Gasteiger partial charge is 0.139 e. The number of likely N-dealkylation sites (tertiary alicyclic amines) is 1. The highest BCUT2D eigenvalue weighted by molar-refractivity contribution is 7.99. The third-order valence-corrected chi connectivity index (χ3v) is 8.80. The number of benzene rings is 2. The maximum Gasteiger partial charge on any atom is 0.139 e. The molecule has 4 rings (SSSR count). The van der Waals surface area contributed by atoms with Crippen molar-refractivity contribution in [2.45, 2.75) is 43.4 Å². The summed E-state index contributed by atoms with van der Waals surface area (Å²) in [6.45, 7) is 2.93. The van der Waals surface area contributed by atoms with Crippen molar-refractivity contribution in [1.29, 1.82) is 0 Å². The lowest BCUT2D eigenvalue weighted by Crippen LogP contribution is -2.42. The van der Waals surface area contributed by atoms with E-state index in [0.29, 0.717) is 10.8 Å². The average molecular weight is 535 g/mol. The molecule has 1 N–H and O–H groups in total. The van der Waals surface area contributed by atoms with E-state index in [4.69, 9.17) is 16.3 Å². The molecule has 0 amide bonds. The third-order valence-electron chi connectivity index (χ3n) is 7.30. The van der Waals surface area contributed by atoms with E-state index in [9.17, 15) is 13.9 Å². The SMILES string of the molecule is COc1ccc2ncc(Cl)c(CCCC3(CO)CCN(CCCSc4c(F)cccc4F)CC3)c2c1. The molecule has 36 heavy (non-hydrogen) atoms. The average Bonchev–Trinajstić information content (AvgIpc) is 2.89. The highest BCUT2D eigenvalue weighted by atomic mass is 35.5. The van der Waals surface area contributed by atoms with Crippen LogP contribution in [0.2, 0.25) is 5.02 Å². The molecule has 0 unspecified atom stereocenters. The molecule has 1 saturated heterocycles. The Morgan fingerprint density at radius 1 is 1.14 bits per heavy atom. The van der Waals surface area contributed by atoms with Crippen molar-refractivity contribution < 1.29 is 18.6 Å². The number of aliphatic hydroxyl groups is 1. The largest absolute Gasteiger partial charge is 0.497 e. The van der Waals surface area contributed by atoms with Crippen LogP contribution in [0.25, 0.3) is 10.9 Å². The van der Waals surface area contributed by atoms with Gasteiger partial charge in [-0.3, -0.25) is 4.98 Å². The number of ether oxygens (including phenoxy) is 1. The lowest BCUT2D eigenvalue weighted by Gasteiger charge is -2.41. The number of halogens is 3. The number of pyridine rings is 1. The number of aliphatic hydroxyl groups excluding tert-OH is 1. The first-order chi connectivity index (χ1) is 17.4. The van der Waals surface area contributed by atoms with E-state index in [1.165, 1.54) is 30.0 Å². The molecular weight excluding hydrogens is 502 g/mol. The monoisotopic (exact) mass is 534 g/mol. The van der Waals surface area contributed by atoms with Gasteiger partial charge in [-0.1, -0.05) is 17.7 Å². The summed E-state index contributed by atoms with van der Waals surface area (Å²) < 4.78 is 33.0. The summed E-state index contributed by atoms with van der Waals surface area (Å²) in [4.78, 5) is 6.94. The van der Waals surface area contributed by atoms with Crippen LogP contribution in [-0.2, 0) is 6.42 Å². The Balaban J connectivity index is 1.26. The number of methoxy groups -OCH3 is 1. The van der Waals surface area contributed by atoms with E-state index in [1.54, 1.807) is 13.3 Å². The van der Waals surface area contributed by atoms with E-state index >= 15 is 0 Å². The maximum absolute atomic E-state index is 13.8. The molecule has 0 spiro atoms. The fourth-order valence-electron chi connectivity index (χ4n) is 5.04. The van der Waals surface area contributed by atoms with Crippen LogP contribution in [-0.4, -0.2) is 54.1 Å². The van der Waals surface area contributed by atoms with E-state index in [0.717, 1.165) is 80.4 Å². The van der Waals surface area contributed by atoms with Gasteiger partial charge in [0.1, 0.15) is 17.4 Å². The number of nitrogens with zero attached hydrogens (tertiary/aromatic N) is 2. The fourth-order valence-corrected chi connectivity index (χ4v) is 6.18. The van der Waals surface area contributed by atoms with Gasteiger partial charge in [-0.2, -0.15) is 0 Å². The summed E-state index contributed by atoms with van der Waals surface area (Å²) in [7, 11) is 1.65. The van der Waals surface area contributed by atoms with Crippen molar-refractivity contribution in [2.75, 3.05) is 39.1 Å². The van der Waals surface area contributed by atoms with Crippen LogP contribution in [0.1, 0.15) is 37.7 Å². The number of rotatable bonds is 11. The zero-order valence-electron chi connectivity index (χ0n) is 20.6. The molecule has 4 nitrogen and oxygen atoms in total. The van der Waals surface area contributed by atoms with Crippen molar-refractivity contribution in [3.05, 3.63) is 64.8 Å². The summed E-state index contributed by atoms with van der Waals surface area (Å²) in [6, 6.07) is 9.82. The first-order valence-corrected chi connectivity index (χ1v) is 13.8. The second-order valence-electron chi connectivity index (χ2n) is 9.57. The molecule has 2 heterocycles. The number of thioether (sulfide) groups is 1. The zero-order valence-corrected chi connectivity index (χ0v) is 22.2. The van der Waals surface area contributed by atoms with Crippen LogP contribution in [0.5, 0.6) is 5.75 Å². The van der Waals surface area contributed by atoms with Gasteiger partial charge >= 0.3 is 0 Å². The number of hydrogen-bond acceptors (Lipinski definition) is 5. The Bertz CT molecular complexity index is 1150. The van der Waals surface area contributed by atoms with Gasteiger partial charge in [0, 0.05) is 18.2 Å². The Kier molecular flexibility index (Phi) is 9.45. The molecule has 0 radical (unpaired) electrons. The summed E-state index contributed by atoms with van der Waals surface area (Å²) in [5.74, 6) is 0.464. The zero-order chi connectivity index (χ0) is 25.5. The first kappa shape index (κ1) is 27.1. The molecule has 0 atom stereocenters. The number of hydrogen-bond donors (Lipinski definition) is 1. The Morgan fingerprint density at radius 3 is 2.58 bits per heavy atom. The van der Waals surface area contributed by atoms with E-state index in [2.05, 4.69) is 9.88 Å². The van der Waals surface area contributed by atoms with Crippen LogP contribution >= 0.6 is 23.4 Å². The molecule has 1 aromatic heterocycles. The first-order valence-electron chi connectivity index (χ1n) is 12.5. The van der Waals surface area contributed by atoms with Crippen LogP contribution in [0.15, 0.2) is 47.5 Å². The van der Waals surface area contributed by atoms with Crippen LogP contribution in [0.4, 0.5) is 8.78 Å². The van der Waals surface area contributed by atoms with Gasteiger partial charge in [-0.15, -0.1) is 11.8 Å². The standard InChI is InChI=1S/C28H33ClF2N2O2S/c1-35-20-8-9-26-22(17-20)21(23(29)18-32-26)5-3-10-28(19-34)11-14-33(15-12-28)13-4-16-36-27-24(30)6-2-7-25(27)31/h2,6-9,17-18,34H,3-5,10-16,19H2,1H3. The van der Waals surface area contributed by atoms with Crippen molar-refractivity contribution in [2.24, 2.45) is 5.41 Å². The molecule has 1 fully saturated rings. The normalized spacial score (nSPS) is 15.9. The minimum Gasteiger partial charge on any atom is -0.497 e. The van der Waals surface area contributed by atoms with Gasteiger partial charge < -0.3 is 14.7 Å². The third kappa shape index (κ3) is 6.49. The van der Waals surface area contributed by atoms with Crippen LogP contribution < -0.4 is 4.74 Å². The minimum atomic E-state index is -0.495. The van der Waals surface area contributed by atoms with E-state index < -0.39 is 11.6 Å². The molecule has 194 valence electrons. The second-order valence-corrected chi connectivity index (χ2v) is 11.1. The van der Waals surface area contributed by atoms with Crippen molar-refractivity contribution in [3.63, 3.8) is 0 Å². The quantitative estimate of drug-likeness (QED) is 0.218. The second kappa shape index (κ2) is 12.5. The molecule has 0 saturated carbocycles. The minimum absolute atomic E-state index is 0.0749. The highest BCUT2D eigenvalue weighted by Gasteiger charge is 2.33. The van der Waals surface area contributed by atoms with Crippen molar-refractivity contribution >= 4 is 34.3 Å². The van der Waals surface area contributed by atoms with Crippen molar-refractivity contribution in [1.82, 2.24) is 9.88 Å². The summed E-state index contributed by atoms with van der Waals surface area (Å²) >= 11 is 7.76. The summed E-state index contributed by atoms with van der Waals surface area (Å²) in [5.41, 5.74) is 1.90. The Hall–Kier alpha value is -1.93.